The molecule has 1 N–H and O–H groups in total. The topological polar surface area (TPSA) is 74.3 Å². The lowest BCUT2D eigenvalue weighted by Gasteiger charge is -2.03. The Kier molecular flexibility index (Phi) is 2.70. The van der Waals surface area contributed by atoms with Crippen LogP contribution in [0, 0.1) is 6.92 Å². The van der Waals surface area contributed by atoms with Crippen molar-refractivity contribution >= 4 is 10.1 Å². The van der Waals surface area contributed by atoms with E-state index in [1.807, 2.05) is 0 Å². The van der Waals surface area contributed by atoms with Crippen LogP contribution in [0.2, 0.25) is 0 Å². The average molecular weight is 201 g/mol. The zero-order valence-electron chi connectivity index (χ0n) is 7.02. The second kappa shape index (κ2) is 3.45. The Morgan fingerprint density at radius 2 is 2.00 bits per heavy atom. The maximum Gasteiger partial charge on any atom is 0.294 e. The molecule has 0 bridgehead atoms. The smallest absolute Gasteiger partial charge is 0.282 e. The first-order valence-electron chi connectivity index (χ1n) is 3.60. The van der Waals surface area contributed by atoms with Crippen LogP contribution >= 0.6 is 0 Å². The molecule has 1 aromatic rings. The van der Waals surface area contributed by atoms with Gasteiger partial charge in [0.05, 0.1) is 4.90 Å². The number of rotatable bonds is 2. The third-order valence-corrected chi connectivity index (χ3v) is 2.60. The largest absolute Gasteiger partial charge is 0.294 e. The highest BCUT2D eigenvalue weighted by atomic mass is 32.2. The lowest BCUT2D eigenvalue weighted by atomic mass is 10.1. The van der Waals surface area contributed by atoms with Crippen molar-refractivity contribution in [2.24, 2.45) is 0 Å². The first-order chi connectivity index (χ1) is 5.95. The predicted molar refractivity (Wildman–Crippen MR) is 45.4 cm³/mol. The summed E-state index contributed by atoms with van der Waals surface area (Å²) in [6.07, 6.45) is 0. The van der Waals surface area contributed by atoms with Crippen molar-refractivity contribution < 1.29 is 18.1 Å². The molecule has 1 rings (SSSR count). The minimum atomic E-state index is -4.26. The molecule has 0 aromatic heterocycles. The summed E-state index contributed by atoms with van der Waals surface area (Å²) in [5, 5.41) is 10.6. The van der Waals surface area contributed by atoms with Gasteiger partial charge in [0.15, 0.2) is 0 Å². The molecule has 0 unspecified atom stereocenters. The maximum absolute atomic E-state index is 10.7. The fraction of sp³-hybridized carbons (Fsp3) is 0.250. The summed E-state index contributed by atoms with van der Waals surface area (Å²) in [7, 11) is -4.26. The molecule has 13 heavy (non-hydrogen) atoms. The van der Waals surface area contributed by atoms with Crippen molar-refractivity contribution in [3.05, 3.63) is 29.3 Å². The average Bonchev–Trinajstić information content (AvgIpc) is 2.01. The number of hydrogen-bond acceptors (Lipinski definition) is 2. The number of hydrogen-bond donors (Lipinski definition) is 1. The van der Waals surface area contributed by atoms with Gasteiger partial charge in [0.2, 0.25) is 0 Å². The Labute approximate surface area is 76.6 Å². The van der Waals surface area contributed by atoms with E-state index in [2.05, 4.69) is 0 Å². The Balaban J connectivity index is 3.39. The Morgan fingerprint density at radius 1 is 1.38 bits per heavy atom. The third kappa shape index (κ3) is 2.27. The molecule has 0 saturated carbocycles. The molecule has 0 fully saturated rings. The van der Waals surface area contributed by atoms with Crippen molar-refractivity contribution in [1.82, 2.24) is 0 Å². The van der Waals surface area contributed by atoms with Gasteiger partial charge in [-0.3, -0.25) is 4.55 Å². The Bertz CT molecular complexity index is 408. The Morgan fingerprint density at radius 3 is 2.46 bits per heavy atom. The summed E-state index contributed by atoms with van der Waals surface area (Å²) in [6.45, 7) is 1.09. The lowest BCUT2D eigenvalue weighted by Crippen LogP contribution is -2.03. The van der Waals surface area contributed by atoms with E-state index in [0.29, 0.717) is 0 Å². The fourth-order valence-electron chi connectivity index (χ4n) is 1.07. The van der Waals surface area contributed by atoms with Gasteiger partial charge in [-0.15, -0.1) is 0 Å². The van der Waals surface area contributed by atoms with E-state index >= 15 is 0 Å². The van der Waals surface area contributed by atoms with Gasteiger partial charge >= 0.3 is 0 Å². The second-order valence-corrected chi connectivity index (χ2v) is 4.12. The zero-order chi connectivity index (χ0) is 10.1. The molecule has 4 nitrogen and oxygen atoms in total. The molecular weight excluding hydrogens is 192 g/mol. The standard InChI is InChI=1S/C8H9O4S/c1-6-2-3-8(13(10,11)12)7(4-6)5-9/h2-4H,5H2,1H3,(H,10,11,12). The van der Waals surface area contributed by atoms with Crippen LogP contribution in [0.25, 0.3) is 0 Å². The third-order valence-electron chi connectivity index (χ3n) is 1.65. The van der Waals surface area contributed by atoms with E-state index in [9.17, 15) is 13.5 Å². The Hall–Kier alpha value is -0.910. The maximum atomic E-state index is 10.7. The van der Waals surface area contributed by atoms with Crippen LogP contribution in [0.1, 0.15) is 11.1 Å². The zero-order valence-corrected chi connectivity index (χ0v) is 7.84. The van der Waals surface area contributed by atoms with Crippen LogP contribution in [0.3, 0.4) is 0 Å². The predicted octanol–water partition coefficient (Wildman–Crippen LogP) is 1.17. The summed E-state index contributed by atoms with van der Waals surface area (Å²) in [5.41, 5.74) is 0.890. The van der Waals surface area contributed by atoms with Gasteiger partial charge in [0.1, 0.15) is 6.61 Å². The van der Waals surface area contributed by atoms with Crippen molar-refractivity contribution in [1.29, 1.82) is 0 Å². The SMILES string of the molecule is Cc1ccc(S(=O)(=O)O)c(C[O])c1. The molecule has 0 heterocycles. The van der Waals surface area contributed by atoms with Gasteiger partial charge in [-0.2, -0.15) is 8.42 Å². The summed E-state index contributed by atoms with van der Waals surface area (Å²) in [4.78, 5) is -0.298. The summed E-state index contributed by atoms with van der Waals surface area (Å²) in [6, 6.07) is 4.22. The van der Waals surface area contributed by atoms with Gasteiger partial charge < -0.3 is 0 Å². The normalized spacial score (nSPS) is 11.6. The minimum Gasteiger partial charge on any atom is -0.282 e. The molecule has 1 aromatic carbocycles. The van der Waals surface area contributed by atoms with E-state index in [-0.39, 0.29) is 10.5 Å². The van der Waals surface area contributed by atoms with E-state index in [1.54, 1.807) is 6.92 Å². The van der Waals surface area contributed by atoms with Crippen molar-refractivity contribution in [3.63, 3.8) is 0 Å². The second-order valence-electron chi connectivity index (χ2n) is 2.73. The molecule has 0 aliphatic heterocycles. The molecule has 0 aliphatic rings. The van der Waals surface area contributed by atoms with Crippen LogP contribution in [-0.4, -0.2) is 13.0 Å². The van der Waals surface area contributed by atoms with Crippen LogP contribution in [0.5, 0.6) is 0 Å². The monoisotopic (exact) mass is 201 g/mol. The lowest BCUT2D eigenvalue weighted by molar-refractivity contribution is 0.175. The van der Waals surface area contributed by atoms with Gasteiger partial charge in [-0.05, 0) is 13.0 Å². The first-order valence-corrected chi connectivity index (χ1v) is 5.04. The van der Waals surface area contributed by atoms with E-state index < -0.39 is 16.7 Å². The minimum absolute atomic E-state index is 0.0995. The van der Waals surface area contributed by atoms with Crippen LogP contribution in [0.4, 0.5) is 0 Å². The molecule has 0 amide bonds. The fourth-order valence-corrected chi connectivity index (χ4v) is 1.76. The molecule has 71 valence electrons. The highest BCUT2D eigenvalue weighted by Gasteiger charge is 2.14. The van der Waals surface area contributed by atoms with E-state index in [1.165, 1.54) is 18.2 Å². The van der Waals surface area contributed by atoms with Gasteiger partial charge in [-0.1, -0.05) is 17.7 Å². The molecule has 0 saturated heterocycles. The van der Waals surface area contributed by atoms with Crippen LogP contribution in [-0.2, 0) is 21.8 Å². The molecule has 1 radical (unpaired) electrons. The van der Waals surface area contributed by atoms with Crippen molar-refractivity contribution in [3.8, 4) is 0 Å². The highest BCUT2D eigenvalue weighted by molar-refractivity contribution is 7.85. The number of aryl methyl sites for hydroxylation is 1. The van der Waals surface area contributed by atoms with Crippen molar-refractivity contribution in [2.45, 2.75) is 18.4 Å². The van der Waals surface area contributed by atoms with Crippen LogP contribution < -0.4 is 0 Å². The van der Waals surface area contributed by atoms with Gasteiger partial charge in [-0.25, -0.2) is 5.11 Å². The summed E-state index contributed by atoms with van der Waals surface area (Å²) < 4.78 is 30.2. The van der Waals surface area contributed by atoms with E-state index in [4.69, 9.17) is 4.55 Å². The van der Waals surface area contributed by atoms with E-state index in [0.717, 1.165) is 5.56 Å². The van der Waals surface area contributed by atoms with Crippen LogP contribution in [0.15, 0.2) is 23.1 Å². The molecule has 0 spiro atoms. The first kappa shape index (κ1) is 10.2. The number of benzene rings is 1. The summed E-state index contributed by atoms with van der Waals surface area (Å²) >= 11 is 0. The molecular formula is C8H9O4S. The van der Waals surface area contributed by atoms with Crippen molar-refractivity contribution in [2.75, 3.05) is 0 Å². The molecule has 0 atom stereocenters. The highest BCUT2D eigenvalue weighted by Crippen LogP contribution is 2.16. The molecule has 5 heteroatoms. The quantitative estimate of drug-likeness (QED) is 0.730. The molecule has 0 aliphatic carbocycles. The van der Waals surface area contributed by atoms with Gasteiger partial charge in [0.25, 0.3) is 10.1 Å². The summed E-state index contributed by atoms with van der Waals surface area (Å²) in [5.74, 6) is 0. The van der Waals surface area contributed by atoms with Gasteiger partial charge in [0, 0.05) is 5.56 Å².